The highest BCUT2D eigenvalue weighted by Gasteiger charge is 2.06. The number of benzene rings is 3. The summed E-state index contributed by atoms with van der Waals surface area (Å²) in [7, 11) is 0. The zero-order valence-corrected chi connectivity index (χ0v) is 15.3. The van der Waals surface area contributed by atoms with Gasteiger partial charge in [0.15, 0.2) is 5.11 Å². The van der Waals surface area contributed by atoms with Gasteiger partial charge < -0.3 is 10.1 Å². The molecule has 3 aromatic carbocycles. The van der Waals surface area contributed by atoms with Crippen molar-refractivity contribution in [3.63, 3.8) is 0 Å². The van der Waals surface area contributed by atoms with Crippen LogP contribution < -0.4 is 20.9 Å². The molecule has 0 aromatic heterocycles. The molecule has 0 aliphatic rings. The number of hydrogen-bond acceptors (Lipinski definition) is 3. The average molecular weight is 377 g/mol. The second-order valence-corrected chi connectivity index (χ2v) is 6.10. The van der Waals surface area contributed by atoms with Gasteiger partial charge in [0.1, 0.15) is 11.5 Å². The van der Waals surface area contributed by atoms with Gasteiger partial charge in [-0.15, -0.1) is 0 Å². The number of thiocarbonyl (C=S) groups is 1. The number of carbonyl (C=O) groups excluding carboxylic acids is 1. The average Bonchev–Trinajstić information content (AvgIpc) is 2.72. The fraction of sp³-hybridized carbons (Fsp3) is 0.0476. The van der Waals surface area contributed by atoms with E-state index in [-0.39, 0.29) is 5.91 Å². The number of amides is 1. The quantitative estimate of drug-likeness (QED) is 0.466. The lowest BCUT2D eigenvalue weighted by atomic mass is 10.2. The third-order valence-electron chi connectivity index (χ3n) is 3.68. The number of para-hydroxylation sites is 1. The smallest absolute Gasteiger partial charge is 0.269 e. The number of nitrogens with one attached hydrogen (secondary N) is 3. The van der Waals surface area contributed by atoms with Gasteiger partial charge in [-0.25, -0.2) is 0 Å². The molecule has 27 heavy (non-hydrogen) atoms. The van der Waals surface area contributed by atoms with E-state index in [9.17, 15) is 4.79 Å². The zero-order chi connectivity index (χ0) is 18.9. The van der Waals surface area contributed by atoms with E-state index >= 15 is 0 Å². The van der Waals surface area contributed by atoms with E-state index in [2.05, 4.69) is 16.2 Å². The predicted molar refractivity (Wildman–Crippen MR) is 109 cm³/mol. The molecule has 3 aromatic rings. The van der Waals surface area contributed by atoms with E-state index in [4.69, 9.17) is 17.0 Å². The molecule has 0 heterocycles. The van der Waals surface area contributed by atoms with Gasteiger partial charge in [0.05, 0.1) is 0 Å². The van der Waals surface area contributed by atoms with Gasteiger partial charge in [-0.3, -0.25) is 15.6 Å². The second kappa shape index (κ2) is 9.35. The first-order valence-corrected chi connectivity index (χ1v) is 8.82. The summed E-state index contributed by atoms with van der Waals surface area (Å²) in [4.78, 5) is 12.2. The van der Waals surface area contributed by atoms with Gasteiger partial charge in [0.25, 0.3) is 5.91 Å². The maximum atomic E-state index is 12.2. The molecule has 0 aliphatic heterocycles. The van der Waals surface area contributed by atoms with Crippen LogP contribution in [0.3, 0.4) is 0 Å². The molecule has 0 spiro atoms. The maximum absolute atomic E-state index is 12.2. The predicted octanol–water partition coefficient (Wildman–Crippen LogP) is 3.79. The molecule has 0 saturated carbocycles. The Hall–Kier alpha value is -3.38. The minimum atomic E-state index is -0.287. The monoisotopic (exact) mass is 377 g/mol. The van der Waals surface area contributed by atoms with Gasteiger partial charge in [0.2, 0.25) is 0 Å². The summed E-state index contributed by atoms with van der Waals surface area (Å²) in [5.41, 5.74) is 6.86. The Morgan fingerprint density at radius 3 is 2.04 bits per heavy atom. The van der Waals surface area contributed by atoms with Gasteiger partial charge in [-0.1, -0.05) is 48.5 Å². The standard InChI is InChI=1S/C21H19N3O2S/c25-20(23-24-21(27)22-15-16-7-3-1-4-8-16)17-11-13-19(14-12-17)26-18-9-5-2-6-10-18/h1-14H,15H2,(H,23,25)(H2,22,24,27). The Balaban J connectivity index is 1.45. The third kappa shape index (κ3) is 5.83. The van der Waals surface area contributed by atoms with Gasteiger partial charge >= 0.3 is 0 Å². The van der Waals surface area contributed by atoms with Crippen molar-refractivity contribution in [2.45, 2.75) is 6.54 Å². The Morgan fingerprint density at radius 1 is 0.778 bits per heavy atom. The number of hydrogen-bond donors (Lipinski definition) is 3. The van der Waals surface area contributed by atoms with Gasteiger partial charge in [-0.05, 0) is 54.2 Å². The van der Waals surface area contributed by atoms with Crippen LogP contribution in [0.25, 0.3) is 0 Å². The van der Waals surface area contributed by atoms with E-state index < -0.39 is 0 Å². The molecule has 1 amide bonds. The Morgan fingerprint density at radius 2 is 1.37 bits per heavy atom. The second-order valence-electron chi connectivity index (χ2n) is 5.69. The Bertz CT molecular complexity index is 884. The lowest BCUT2D eigenvalue weighted by molar-refractivity contribution is 0.0943. The van der Waals surface area contributed by atoms with E-state index in [1.165, 1.54) is 0 Å². The van der Waals surface area contributed by atoms with Crippen LogP contribution in [0.4, 0.5) is 0 Å². The van der Waals surface area contributed by atoms with E-state index in [0.29, 0.717) is 23.0 Å². The Labute approximate surface area is 163 Å². The highest BCUT2D eigenvalue weighted by atomic mass is 32.1. The van der Waals surface area contributed by atoms with Crippen LogP contribution in [-0.4, -0.2) is 11.0 Å². The van der Waals surface area contributed by atoms with Crippen molar-refractivity contribution < 1.29 is 9.53 Å². The SMILES string of the molecule is O=C(NNC(=S)NCc1ccccc1)c1ccc(Oc2ccccc2)cc1. The minimum absolute atomic E-state index is 0.287. The van der Waals surface area contributed by atoms with Crippen molar-refractivity contribution >= 4 is 23.2 Å². The van der Waals surface area contributed by atoms with Crippen LogP contribution in [0.15, 0.2) is 84.9 Å². The minimum Gasteiger partial charge on any atom is -0.457 e. The summed E-state index contributed by atoms with van der Waals surface area (Å²) in [5.74, 6) is 1.11. The zero-order valence-electron chi connectivity index (χ0n) is 14.5. The van der Waals surface area contributed by atoms with Crippen LogP contribution in [0.2, 0.25) is 0 Å². The molecule has 0 atom stereocenters. The summed E-state index contributed by atoms with van der Waals surface area (Å²) in [5, 5.41) is 3.37. The van der Waals surface area contributed by atoms with E-state index in [0.717, 1.165) is 11.3 Å². The molecule has 0 bridgehead atoms. The number of rotatable bonds is 5. The topological polar surface area (TPSA) is 62.4 Å². The van der Waals surface area contributed by atoms with Crippen LogP contribution in [-0.2, 0) is 6.54 Å². The molecular weight excluding hydrogens is 358 g/mol. The molecule has 136 valence electrons. The first-order valence-electron chi connectivity index (χ1n) is 8.42. The molecule has 0 fully saturated rings. The van der Waals surface area contributed by atoms with Crippen molar-refractivity contribution in [1.29, 1.82) is 0 Å². The number of hydrazine groups is 1. The van der Waals surface area contributed by atoms with Gasteiger partial charge in [-0.2, -0.15) is 0 Å². The number of carbonyl (C=O) groups is 1. The molecule has 0 unspecified atom stereocenters. The summed E-state index contributed by atoms with van der Waals surface area (Å²) >= 11 is 5.16. The molecule has 5 nitrogen and oxygen atoms in total. The lowest BCUT2D eigenvalue weighted by Gasteiger charge is -2.12. The normalized spacial score (nSPS) is 9.93. The van der Waals surface area contributed by atoms with E-state index in [1.807, 2.05) is 60.7 Å². The van der Waals surface area contributed by atoms with Gasteiger partial charge in [0, 0.05) is 12.1 Å². The van der Waals surface area contributed by atoms with E-state index in [1.54, 1.807) is 24.3 Å². The molecule has 0 saturated heterocycles. The van der Waals surface area contributed by atoms with Crippen molar-refractivity contribution in [2.24, 2.45) is 0 Å². The summed E-state index contributed by atoms with van der Waals surface area (Å²) < 4.78 is 5.71. The van der Waals surface area contributed by atoms with Crippen LogP contribution in [0.5, 0.6) is 11.5 Å². The fourth-order valence-corrected chi connectivity index (χ4v) is 2.43. The summed E-state index contributed by atoms with van der Waals surface area (Å²) in [6.45, 7) is 0.577. The maximum Gasteiger partial charge on any atom is 0.269 e. The van der Waals surface area contributed by atoms with Crippen LogP contribution in [0, 0.1) is 0 Å². The highest BCUT2D eigenvalue weighted by molar-refractivity contribution is 7.80. The summed E-state index contributed by atoms with van der Waals surface area (Å²) in [6, 6.07) is 26.2. The van der Waals surface area contributed by atoms with Crippen molar-refractivity contribution in [2.75, 3.05) is 0 Å². The molecular formula is C21H19N3O2S. The van der Waals surface area contributed by atoms with Crippen LogP contribution in [0.1, 0.15) is 15.9 Å². The molecule has 3 rings (SSSR count). The van der Waals surface area contributed by atoms with Crippen LogP contribution >= 0.6 is 12.2 Å². The molecule has 3 N–H and O–H groups in total. The number of ether oxygens (including phenoxy) is 1. The molecule has 6 heteroatoms. The van der Waals surface area contributed by atoms with Crippen molar-refractivity contribution in [1.82, 2.24) is 16.2 Å². The molecule has 0 aliphatic carbocycles. The summed E-state index contributed by atoms with van der Waals surface area (Å²) in [6.07, 6.45) is 0. The Kier molecular flexibility index (Phi) is 6.38. The lowest BCUT2D eigenvalue weighted by Crippen LogP contribution is -2.46. The largest absolute Gasteiger partial charge is 0.457 e. The fourth-order valence-electron chi connectivity index (χ4n) is 2.31. The van der Waals surface area contributed by atoms with Crippen molar-refractivity contribution in [3.8, 4) is 11.5 Å². The first-order chi connectivity index (χ1) is 13.2. The van der Waals surface area contributed by atoms with Crippen molar-refractivity contribution in [3.05, 3.63) is 96.1 Å². The molecule has 0 radical (unpaired) electrons. The first kappa shape index (κ1) is 18.4. The third-order valence-corrected chi connectivity index (χ3v) is 3.93. The highest BCUT2D eigenvalue weighted by Crippen LogP contribution is 2.20.